The van der Waals surface area contributed by atoms with Gasteiger partial charge in [0.25, 0.3) is 0 Å². The highest BCUT2D eigenvalue weighted by Crippen LogP contribution is 2.32. The van der Waals surface area contributed by atoms with Crippen LogP contribution in [0, 0.1) is 6.92 Å². The van der Waals surface area contributed by atoms with Gasteiger partial charge in [0.05, 0.1) is 0 Å². The zero-order chi connectivity index (χ0) is 18.4. The van der Waals surface area contributed by atoms with Crippen molar-refractivity contribution in [1.82, 2.24) is 4.57 Å². The maximum absolute atomic E-state index is 2.50. The smallest absolute Gasteiger partial charge is 0.0488 e. The topological polar surface area (TPSA) is 4.93 Å². The third kappa shape index (κ3) is 3.98. The fourth-order valence-electron chi connectivity index (χ4n) is 3.79. The van der Waals surface area contributed by atoms with Crippen LogP contribution in [-0.4, -0.2) is 4.57 Å². The van der Waals surface area contributed by atoms with Crippen LogP contribution >= 0.6 is 0 Å². The van der Waals surface area contributed by atoms with Crippen LogP contribution in [0.3, 0.4) is 0 Å². The summed E-state index contributed by atoms with van der Waals surface area (Å²) in [5, 5.41) is 1.41. The summed E-state index contributed by atoms with van der Waals surface area (Å²) in [7, 11) is 0. The maximum Gasteiger partial charge on any atom is 0.0488 e. The summed E-state index contributed by atoms with van der Waals surface area (Å²) in [5.74, 6) is 0.548. The minimum atomic E-state index is 0.548. The summed E-state index contributed by atoms with van der Waals surface area (Å²) < 4.78 is 2.50. The highest BCUT2D eigenvalue weighted by Gasteiger charge is 2.16. The van der Waals surface area contributed by atoms with Crippen molar-refractivity contribution in [3.05, 3.63) is 70.9 Å². The van der Waals surface area contributed by atoms with Crippen LogP contribution in [0.15, 0.2) is 48.5 Å². The number of aryl methyl sites for hydroxylation is 1. The van der Waals surface area contributed by atoms with Gasteiger partial charge in [-0.3, -0.25) is 0 Å². The molecule has 1 heterocycles. The Morgan fingerprint density at radius 3 is 2.12 bits per heavy atom. The monoisotopic (exact) mass is 335 g/mol. The second kappa shape index (κ2) is 8.89. The van der Waals surface area contributed by atoms with E-state index in [4.69, 9.17) is 0 Å². The highest BCUT2D eigenvalue weighted by molar-refractivity contribution is 5.86. The number of benzene rings is 2. The van der Waals surface area contributed by atoms with Crippen LogP contribution in [0.1, 0.15) is 69.3 Å². The van der Waals surface area contributed by atoms with E-state index in [0.29, 0.717) is 5.92 Å². The molecule has 2 aromatic carbocycles. The fraction of sp³-hybridized carbons (Fsp3) is 0.417. The van der Waals surface area contributed by atoms with E-state index >= 15 is 0 Å². The first-order chi connectivity index (χ1) is 12.1. The molecule has 0 aliphatic heterocycles. The molecule has 0 amide bonds. The summed E-state index contributed by atoms with van der Waals surface area (Å²) in [6, 6.07) is 17.7. The number of hydrogen-bond donors (Lipinski definition) is 0. The van der Waals surface area contributed by atoms with E-state index < -0.39 is 0 Å². The van der Waals surface area contributed by atoms with Crippen molar-refractivity contribution < 1.29 is 0 Å². The first kappa shape index (κ1) is 19.3. The van der Waals surface area contributed by atoms with Gasteiger partial charge in [0.2, 0.25) is 0 Å². The molecule has 25 heavy (non-hydrogen) atoms. The first-order valence-corrected chi connectivity index (χ1v) is 9.78. The molecule has 0 radical (unpaired) electrons. The van der Waals surface area contributed by atoms with Crippen molar-refractivity contribution in [3.63, 3.8) is 0 Å². The molecule has 134 valence electrons. The van der Waals surface area contributed by atoms with Crippen LogP contribution < -0.4 is 0 Å². The Morgan fingerprint density at radius 1 is 0.880 bits per heavy atom. The number of para-hydroxylation sites is 1. The molecular weight excluding hydrogens is 302 g/mol. The lowest BCUT2D eigenvalue weighted by molar-refractivity contribution is 0.763. The summed E-state index contributed by atoms with van der Waals surface area (Å²) in [6.07, 6.45) is 2.35. The lowest BCUT2D eigenvalue weighted by Gasteiger charge is -2.13. The summed E-state index contributed by atoms with van der Waals surface area (Å²) in [4.78, 5) is 0. The first-order valence-electron chi connectivity index (χ1n) is 9.78. The number of hydrogen-bond acceptors (Lipinski definition) is 0. The predicted octanol–water partition coefficient (Wildman–Crippen LogP) is 7.10. The Balaban J connectivity index is 0.00000109. The molecule has 1 aromatic heterocycles. The predicted molar refractivity (Wildman–Crippen MR) is 112 cm³/mol. The number of nitrogens with zero attached hydrogens (tertiary/aromatic N) is 1. The molecular formula is C24H33N. The van der Waals surface area contributed by atoms with Gasteiger partial charge in [0.15, 0.2) is 0 Å². The molecule has 0 saturated heterocycles. The molecule has 0 N–H and O–H groups in total. The number of aromatic nitrogens is 1. The molecule has 0 aliphatic rings. The normalized spacial score (nSPS) is 10.8. The largest absolute Gasteiger partial charge is 0.340 e. The maximum atomic E-state index is 2.50. The fourth-order valence-corrected chi connectivity index (χ4v) is 3.79. The van der Waals surface area contributed by atoms with E-state index in [1.165, 1.54) is 39.7 Å². The van der Waals surface area contributed by atoms with E-state index in [2.05, 4.69) is 80.8 Å². The van der Waals surface area contributed by atoms with Crippen LogP contribution in [0.4, 0.5) is 0 Å². The summed E-state index contributed by atoms with van der Waals surface area (Å²) >= 11 is 0. The third-order valence-electron chi connectivity index (χ3n) is 4.82. The van der Waals surface area contributed by atoms with Gasteiger partial charge in [-0.2, -0.15) is 0 Å². The van der Waals surface area contributed by atoms with Crippen molar-refractivity contribution in [2.45, 2.75) is 66.8 Å². The SMILES string of the molecule is CC.CCCc1ccccc1Cn1c(C)c(C(C)C)c2ccccc21. The van der Waals surface area contributed by atoms with E-state index in [-0.39, 0.29) is 0 Å². The van der Waals surface area contributed by atoms with Crippen molar-refractivity contribution >= 4 is 10.9 Å². The van der Waals surface area contributed by atoms with E-state index in [1.807, 2.05) is 13.8 Å². The third-order valence-corrected chi connectivity index (χ3v) is 4.82. The van der Waals surface area contributed by atoms with Gasteiger partial charge in [0.1, 0.15) is 0 Å². The Hall–Kier alpha value is -2.02. The van der Waals surface area contributed by atoms with Crippen molar-refractivity contribution in [2.24, 2.45) is 0 Å². The van der Waals surface area contributed by atoms with Crippen LogP contribution in [0.2, 0.25) is 0 Å². The molecule has 0 saturated carbocycles. The second-order valence-corrected chi connectivity index (χ2v) is 6.78. The van der Waals surface area contributed by atoms with Crippen LogP contribution in [0.5, 0.6) is 0 Å². The molecule has 1 heteroatoms. The molecule has 1 nitrogen and oxygen atoms in total. The van der Waals surface area contributed by atoms with E-state index in [1.54, 1.807) is 0 Å². The Morgan fingerprint density at radius 2 is 1.48 bits per heavy atom. The Bertz CT molecular complexity index is 808. The molecule has 0 fully saturated rings. The summed E-state index contributed by atoms with van der Waals surface area (Å²) in [6.45, 7) is 14.1. The van der Waals surface area contributed by atoms with Crippen LogP contribution in [0.25, 0.3) is 10.9 Å². The van der Waals surface area contributed by atoms with Gasteiger partial charge >= 0.3 is 0 Å². The van der Waals surface area contributed by atoms with Gasteiger partial charge < -0.3 is 4.57 Å². The zero-order valence-corrected chi connectivity index (χ0v) is 16.8. The molecule has 0 bridgehead atoms. The zero-order valence-electron chi connectivity index (χ0n) is 16.8. The van der Waals surface area contributed by atoms with Crippen molar-refractivity contribution in [1.29, 1.82) is 0 Å². The summed E-state index contributed by atoms with van der Waals surface area (Å²) in [5.41, 5.74) is 7.20. The molecule has 3 rings (SSSR count). The Labute approximate surface area is 153 Å². The molecule has 0 aliphatic carbocycles. The molecule has 0 spiro atoms. The second-order valence-electron chi connectivity index (χ2n) is 6.78. The van der Waals surface area contributed by atoms with E-state index in [9.17, 15) is 0 Å². The highest BCUT2D eigenvalue weighted by atomic mass is 15.0. The van der Waals surface area contributed by atoms with Gasteiger partial charge in [-0.15, -0.1) is 0 Å². The van der Waals surface area contributed by atoms with Crippen molar-refractivity contribution in [2.75, 3.05) is 0 Å². The molecule has 3 aromatic rings. The average molecular weight is 336 g/mol. The van der Waals surface area contributed by atoms with Gasteiger partial charge in [-0.1, -0.05) is 83.5 Å². The van der Waals surface area contributed by atoms with Gasteiger partial charge in [0, 0.05) is 23.1 Å². The molecule has 0 unspecified atom stereocenters. The Kier molecular flexibility index (Phi) is 6.87. The van der Waals surface area contributed by atoms with E-state index in [0.717, 1.165) is 13.0 Å². The number of fused-ring (bicyclic) bond motifs is 1. The van der Waals surface area contributed by atoms with Crippen molar-refractivity contribution in [3.8, 4) is 0 Å². The average Bonchev–Trinajstić information content (AvgIpc) is 2.91. The lowest BCUT2D eigenvalue weighted by Crippen LogP contribution is -2.05. The molecule has 0 atom stereocenters. The quantitative estimate of drug-likeness (QED) is 0.468. The standard InChI is InChI=1S/C22H27N.C2H6/c1-5-10-18-11-6-7-12-19(18)15-23-17(4)22(16(2)3)20-13-8-9-14-21(20)23;1-2/h6-9,11-14,16H,5,10,15H2,1-4H3;1-2H3. The van der Waals surface area contributed by atoms with Crippen LogP contribution in [-0.2, 0) is 13.0 Å². The minimum Gasteiger partial charge on any atom is -0.340 e. The lowest BCUT2D eigenvalue weighted by atomic mass is 10.00. The van der Waals surface area contributed by atoms with Gasteiger partial charge in [-0.25, -0.2) is 0 Å². The van der Waals surface area contributed by atoms with Gasteiger partial charge in [-0.05, 0) is 42.0 Å². The number of rotatable bonds is 5. The minimum absolute atomic E-state index is 0.548.